The van der Waals surface area contributed by atoms with Crippen LogP contribution in [0.2, 0.25) is 0 Å². The maximum atomic E-state index is 13.1. The molecule has 2 amide bonds. The van der Waals surface area contributed by atoms with Crippen LogP contribution in [0.15, 0.2) is 46.2 Å². The van der Waals surface area contributed by atoms with E-state index in [9.17, 15) is 18.0 Å². The second-order valence-corrected chi connectivity index (χ2v) is 10.5. The fraction of sp³-hybridized carbons (Fsp3) is 0.333. The second kappa shape index (κ2) is 9.61. The van der Waals surface area contributed by atoms with Crippen LogP contribution in [0.3, 0.4) is 0 Å². The van der Waals surface area contributed by atoms with Crippen molar-refractivity contribution in [3.8, 4) is 11.5 Å². The first kappa shape index (κ1) is 23.0. The van der Waals surface area contributed by atoms with Crippen LogP contribution in [-0.4, -0.2) is 45.5 Å². The molecule has 2 aromatic carbocycles. The number of hydrogen-bond acceptors (Lipinski definition) is 7. The standard InChI is InChI=1S/C21H24N2O6S2/c1-13(10-21(25)22-16-11-14(28-2)4-6-18(16)29-3)31(26,27)15-5-7-19-17(12-15)23-20(24)8-9-30-19/h4-7,11-13H,8-10H2,1-3H3,(H,22,25)(H,23,24). The predicted molar refractivity (Wildman–Crippen MR) is 120 cm³/mol. The van der Waals surface area contributed by atoms with Gasteiger partial charge < -0.3 is 20.1 Å². The summed E-state index contributed by atoms with van der Waals surface area (Å²) < 4.78 is 36.5. The van der Waals surface area contributed by atoms with Crippen molar-refractivity contribution in [1.82, 2.24) is 0 Å². The van der Waals surface area contributed by atoms with E-state index in [1.54, 1.807) is 24.3 Å². The minimum absolute atomic E-state index is 0.0633. The van der Waals surface area contributed by atoms with Gasteiger partial charge in [0, 0.05) is 29.6 Å². The molecule has 10 heteroatoms. The molecule has 31 heavy (non-hydrogen) atoms. The van der Waals surface area contributed by atoms with E-state index in [4.69, 9.17) is 9.47 Å². The summed E-state index contributed by atoms with van der Waals surface area (Å²) in [6.45, 7) is 1.48. The molecular weight excluding hydrogens is 440 g/mol. The van der Waals surface area contributed by atoms with Crippen LogP contribution in [0.1, 0.15) is 19.8 Å². The monoisotopic (exact) mass is 464 g/mol. The molecule has 0 saturated carbocycles. The van der Waals surface area contributed by atoms with Crippen LogP contribution in [0, 0.1) is 0 Å². The fourth-order valence-electron chi connectivity index (χ4n) is 3.09. The van der Waals surface area contributed by atoms with E-state index in [1.807, 2.05) is 0 Å². The van der Waals surface area contributed by atoms with E-state index in [0.29, 0.717) is 35.0 Å². The summed E-state index contributed by atoms with van der Waals surface area (Å²) in [7, 11) is -0.819. The molecule has 166 valence electrons. The van der Waals surface area contributed by atoms with Gasteiger partial charge in [-0.2, -0.15) is 0 Å². The van der Waals surface area contributed by atoms with Gasteiger partial charge in [0.1, 0.15) is 11.5 Å². The van der Waals surface area contributed by atoms with Crippen molar-refractivity contribution in [3.05, 3.63) is 36.4 Å². The van der Waals surface area contributed by atoms with Crippen LogP contribution in [0.25, 0.3) is 0 Å². The lowest BCUT2D eigenvalue weighted by molar-refractivity contribution is -0.116. The van der Waals surface area contributed by atoms with Gasteiger partial charge in [-0.15, -0.1) is 11.8 Å². The Morgan fingerprint density at radius 3 is 2.68 bits per heavy atom. The highest BCUT2D eigenvalue weighted by Gasteiger charge is 2.27. The second-order valence-electron chi connectivity index (χ2n) is 6.98. The van der Waals surface area contributed by atoms with Gasteiger partial charge in [0.25, 0.3) is 0 Å². The molecule has 2 N–H and O–H groups in total. The first-order chi connectivity index (χ1) is 14.7. The number of sulfone groups is 1. The number of carbonyl (C=O) groups excluding carboxylic acids is 2. The van der Waals surface area contributed by atoms with Crippen molar-refractivity contribution >= 4 is 44.8 Å². The smallest absolute Gasteiger partial charge is 0.225 e. The number of anilines is 2. The molecule has 0 aromatic heterocycles. The highest BCUT2D eigenvalue weighted by Crippen LogP contribution is 2.34. The number of ether oxygens (including phenoxy) is 2. The Kier molecular flexibility index (Phi) is 7.11. The average molecular weight is 465 g/mol. The lowest BCUT2D eigenvalue weighted by Crippen LogP contribution is -2.25. The van der Waals surface area contributed by atoms with Crippen LogP contribution in [-0.2, 0) is 19.4 Å². The number of fused-ring (bicyclic) bond motifs is 1. The average Bonchev–Trinajstić information content (AvgIpc) is 2.93. The molecule has 0 saturated heterocycles. The Morgan fingerprint density at radius 1 is 1.19 bits per heavy atom. The lowest BCUT2D eigenvalue weighted by atomic mass is 10.2. The molecule has 0 spiro atoms. The van der Waals surface area contributed by atoms with Crippen molar-refractivity contribution in [3.63, 3.8) is 0 Å². The van der Waals surface area contributed by atoms with E-state index in [-0.39, 0.29) is 17.2 Å². The van der Waals surface area contributed by atoms with Gasteiger partial charge >= 0.3 is 0 Å². The summed E-state index contributed by atoms with van der Waals surface area (Å²) in [4.78, 5) is 25.3. The van der Waals surface area contributed by atoms with Crippen LogP contribution >= 0.6 is 11.8 Å². The number of methoxy groups -OCH3 is 2. The number of benzene rings is 2. The van der Waals surface area contributed by atoms with Crippen LogP contribution in [0.4, 0.5) is 11.4 Å². The molecule has 1 atom stereocenters. The summed E-state index contributed by atoms with van der Waals surface area (Å²) in [5.41, 5.74) is 0.868. The largest absolute Gasteiger partial charge is 0.497 e. The molecule has 3 rings (SSSR count). The minimum Gasteiger partial charge on any atom is -0.497 e. The first-order valence-electron chi connectivity index (χ1n) is 9.57. The van der Waals surface area contributed by atoms with E-state index < -0.39 is 21.0 Å². The maximum absolute atomic E-state index is 13.1. The number of rotatable bonds is 7. The number of thioether (sulfide) groups is 1. The highest BCUT2D eigenvalue weighted by molar-refractivity contribution is 7.99. The van der Waals surface area contributed by atoms with Gasteiger partial charge in [-0.3, -0.25) is 9.59 Å². The molecule has 0 bridgehead atoms. The number of carbonyl (C=O) groups is 2. The normalized spacial score (nSPS) is 14.6. The third kappa shape index (κ3) is 5.31. The van der Waals surface area contributed by atoms with E-state index in [2.05, 4.69) is 10.6 Å². The third-order valence-corrected chi connectivity index (χ3v) is 8.04. The molecule has 0 radical (unpaired) electrons. The zero-order valence-electron chi connectivity index (χ0n) is 17.4. The number of amides is 2. The Labute approximate surface area is 185 Å². The number of nitrogens with one attached hydrogen (secondary N) is 2. The van der Waals surface area contributed by atoms with Gasteiger partial charge in [0.05, 0.1) is 35.7 Å². The summed E-state index contributed by atoms with van der Waals surface area (Å²) in [6, 6.07) is 9.60. The SMILES string of the molecule is COc1ccc(OC)c(NC(=O)CC(C)S(=O)(=O)c2ccc3c(c2)NC(=O)CCS3)c1. The summed E-state index contributed by atoms with van der Waals surface area (Å²) >= 11 is 1.49. The van der Waals surface area contributed by atoms with Crippen molar-refractivity contribution in [1.29, 1.82) is 0 Å². The minimum atomic E-state index is -3.80. The van der Waals surface area contributed by atoms with Crippen molar-refractivity contribution < 1.29 is 27.5 Å². The molecule has 2 aromatic rings. The molecule has 1 heterocycles. The van der Waals surface area contributed by atoms with Crippen molar-refractivity contribution in [2.45, 2.75) is 34.8 Å². The van der Waals surface area contributed by atoms with Crippen LogP contribution in [0.5, 0.6) is 11.5 Å². The zero-order chi connectivity index (χ0) is 22.6. The lowest BCUT2D eigenvalue weighted by Gasteiger charge is -2.16. The fourth-order valence-corrected chi connectivity index (χ4v) is 5.40. The Hall–Kier alpha value is -2.72. The van der Waals surface area contributed by atoms with E-state index >= 15 is 0 Å². The van der Waals surface area contributed by atoms with E-state index in [0.717, 1.165) is 4.90 Å². The Bertz CT molecular complexity index is 1100. The molecule has 0 fully saturated rings. The summed E-state index contributed by atoms with van der Waals surface area (Å²) in [6.07, 6.45) is 0.118. The molecule has 1 unspecified atom stereocenters. The summed E-state index contributed by atoms with van der Waals surface area (Å²) in [5.74, 6) is 0.974. The Morgan fingerprint density at radius 2 is 1.97 bits per heavy atom. The highest BCUT2D eigenvalue weighted by atomic mass is 32.2. The Balaban J connectivity index is 1.76. The molecule has 8 nitrogen and oxygen atoms in total. The van der Waals surface area contributed by atoms with Crippen LogP contribution < -0.4 is 20.1 Å². The molecule has 0 aliphatic carbocycles. The molecule has 1 aliphatic rings. The number of hydrogen-bond donors (Lipinski definition) is 2. The topological polar surface area (TPSA) is 111 Å². The van der Waals surface area contributed by atoms with Gasteiger partial charge in [-0.25, -0.2) is 8.42 Å². The van der Waals surface area contributed by atoms with Gasteiger partial charge in [0.2, 0.25) is 11.8 Å². The first-order valence-corrected chi connectivity index (χ1v) is 12.1. The molecular formula is C21H24N2O6S2. The van der Waals surface area contributed by atoms with Gasteiger partial charge in [0.15, 0.2) is 9.84 Å². The van der Waals surface area contributed by atoms with Gasteiger partial charge in [-0.1, -0.05) is 0 Å². The maximum Gasteiger partial charge on any atom is 0.225 e. The van der Waals surface area contributed by atoms with E-state index in [1.165, 1.54) is 45.0 Å². The van der Waals surface area contributed by atoms with Crippen molar-refractivity contribution in [2.24, 2.45) is 0 Å². The molecule has 1 aliphatic heterocycles. The predicted octanol–water partition coefficient (Wildman–Crippen LogP) is 3.33. The van der Waals surface area contributed by atoms with Gasteiger partial charge in [-0.05, 0) is 37.3 Å². The quantitative estimate of drug-likeness (QED) is 0.647. The third-order valence-electron chi connectivity index (χ3n) is 4.82. The summed E-state index contributed by atoms with van der Waals surface area (Å²) in [5, 5.41) is 4.45. The van der Waals surface area contributed by atoms with Crippen molar-refractivity contribution in [2.75, 3.05) is 30.6 Å². The zero-order valence-corrected chi connectivity index (χ0v) is 19.1.